The summed E-state index contributed by atoms with van der Waals surface area (Å²) in [7, 11) is 0. The molecule has 1 aliphatic rings. The number of benzene rings is 1. The number of hydrogen-bond donors (Lipinski definition) is 1. The van der Waals surface area contributed by atoms with Crippen LogP contribution in [0.3, 0.4) is 0 Å². The molecule has 0 saturated heterocycles. The van der Waals surface area contributed by atoms with Gasteiger partial charge in [-0.25, -0.2) is 4.79 Å². The molecule has 0 amide bonds. The summed E-state index contributed by atoms with van der Waals surface area (Å²) >= 11 is 0. The van der Waals surface area contributed by atoms with Crippen molar-refractivity contribution >= 4 is 16.9 Å². The molecule has 164 valence electrons. The average molecular weight is 417 g/mol. The molecule has 2 aromatic rings. The number of carbonyl (C=O) groups is 1. The van der Waals surface area contributed by atoms with Crippen LogP contribution in [0.1, 0.15) is 83.8 Å². The van der Waals surface area contributed by atoms with Crippen molar-refractivity contribution in [2.75, 3.05) is 0 Å². The fourth-order valence-electron chi connectivity index (χ4n) is 3.92. The molecule has 1 aromatic carbocycles. The van der Waals surface area contributed by atoms with Crippen LogP contribution in [0.15, 0.2) is 33.5 Å². The van der Waals surface area contributed by atoms with Gasteiger partial charge in [-0.15, -0.1) is 0 Å². The molecular formula is C24H32O6. The van der Waals surface area contributed by atoms with E-state index in [1.807, 2.05) is 0 Å². The summed E-state index contributed by atoms with van der Waals surface area (Å²) in [6.07, 6.45) is 6.46. The van der Waals surface area contributed by atoms with Gasteiger partial charge in [0.25, 0.3) is 0 Å². The van der Waals surface area contributed by atoms with E-state index < -0.39 is 23.4 Å². The first-order chi connectivity index (χ1) is 14.3. The van der Waals surface area contributed by atoms with Crippen LogP contribution in [0.2, 0.25) is 0 Å². The van der Waals surface area contributed by atoms with Crippen LogP contribution < -0.4 is 10.4 Å². The second-order valence-corrected chi connectivity index (χ2v) is 8.62. The van der Waals surface area contributed by atoms with Gasteiger partial charge in [-0.2, -0.15) is 0 Å². The molecule has 2 atom stereocenters. The summed E-state index contributed by atoms with van der Waals surface area (Å²) in [5.74, 6) is 0.118. The normalized spacial score (nSPS) is 18.3. The molecular weight excluding hydrogens is 384 g/mol. The van der Waals surface area contributed by atoms with Gasteiger partial charge in [0.1, 0.15) is 11.3 Å². The summed E-state index contributed by atoms with van der Waals surface area (Å²) < 4.78 is 17.1. The fraction of sp³-hybridized carbons (Fsp3) is 0.583. The number of hydrogen-bond acceptors (Lipinski definition) is 6. The Morgan fingerprint density at radius 3 is 2.43 bits per heavy atom. The SMILES string of the molecule is CCCCCCCCCC(=O)O[C@@H]1c2c(ccc3ccc(=O)oc23)O[C@@H]1C(C)(C)O. The van der Waals surface area contributed by atoms with E-state index in [0.29, 0.717) is 28.7 Å². The molecule has 0 unspecified atom stereocenters. The lowest BCUT2D eigenvalue weighted by Gasteiger charge is -2.29. The summed E-state index contributed by atoms with van der Waals surface area (Å²) in [6, 6.07) is 6.54. The zero-order chi connectivity index (χ0) is 21.7. The van der Waals surface area contributed by atoms with E-state index in [0.717, 1.165) is 19.3 Å². The Hall–Kier alpha value is -2.34. The molecule has 0 fully saturated rings. The number of fused-ring (bicyclic) bond motifs is 3. The fourth-order valence-corrected chi connectivity index (χ4v) is 3.92. The third kappa shape index (κ3) is 5.22. The Balaban J connectivity index is 1.73. The standard InChI is InChI=1S/C24H32O6/c1-4-5-6-7-8-9-10-11-18(25)30-22-20-17(28-23(22)24(2,3)27)14-12-16-13-15-19(26)29-21(16)20/h12-15,22-23,27H,4-11H2,1-3H3/t22-,23+/m1/s1. The van der Waals surface area contributed by atoms with E-state index in [-0.39, 0.29) is 5.97 Å². The van der Waals surface area contributed by atoms with Crippen LogP contribution in [0.5, 0.6) is 5.75 Å². The Labute approximate surface area is 177 Å². The molecule has 6 nitrogen and oxygen atoms in total. The highest BCUT2D eigenvalue weighted by atomic mass is 16.6. The Morgan fingerprint density at radius 1 is 1.07 bits per heavy atom. The molecule has 1 aromatic heterocycles. The summed E-state index contributed by atoms with van der Waals surface area (Å²) in [4.78, 5) is 24.4. The topological polar surface area (TPSA) is 86.0 Å². The number of carbonyl (C=O) groups excluding carboxylic acids is 1. The monoisotopic (exact) mass is 416 g/mol. The minimum Gasteiger partial charge on any atom is -0.483 e. The second-order valence-electron chi connectivity index (χ2n) is 8.62. The molecule has 1 N–H and O–H groups in total. The molecule has 0 saturated carbocycles. The lowest BCUT2D eigenvalue weighted by atomic mass is 9.93. The van der Waals surface area contributed by atoms with Crippen molar-refractivity contribution in [2.45, 2.75) is 89.9 Å². The van der Waals surface area contributed by atoms with Crippen molar-refractivity contribution in [3.05, 3.63) is 40.2 Å². The Kier molecular flexibility index (Phi) is 7.19. The predicted molar refractivity (Wildman–Crippen MR) is 115 cm³/mol. The molecule has 6 heteroatoms. The minimum absolute atomic E-state index is 0.312. The van der Waals surface area contributed by atoms with Crippen LogP contribution >= 0.6 is 0 Å². The van der Waals surface area contributed by atoms with Gasteiger partial charge < -0.3 is 19.0 Å². The van der Waals surface area contributed by atoms with Gasteiger partial charge in [-0.1, -0.05) is 45.4 Å². The molecule has 1 aliphatic heterocycles. The van der Waals surface area contributed by atoms with E-state index in [1.165, 1.54) is 31.7 Å². The van der Waals surface area contributed by atoms with Gasteiger partial charge in [0, 0.05) is 17.9 Å². The number of aliphatic hydroxyl groups is 1. The highest BCUT2D eigenvalue weighted by Gasteiger charge is 2.47. The van der Waals surface area contributed by atoms with Gasteiger partial charge in [-0.3, -0.25) is 4.79 Å². The highest BCUT2D eigenvalue weighted by Crippen LogP contribution is 2.46. The quantitative estimate of drug-likeness (QED) is 0.331. The zero-order valence-electron chi connectivity index (χ0n) is 18.1. The first-order valence-corrected chi connectivity index (χ1v) is 11.0. The molecule has 0 bridgehead atoms. The highest BCUT2D eigenvalue weighted by molar-refractivity contribution is 5.84. The number of ether oxygens (including phenoxy) is 2. The molecule has 3 rings (SSSR count). The van der Waals surface area contributed by atoms with Gasteiger partial charge in [-0.05, 0) is 38.5 Å². The van der Waals surface area contributed by atoms with E-state index in [1.54, 1.807) is 32.0 Å². The van der Waals surface area contributed by atoms with Crippen molar-refractivity contribution in [1.82, 2.24) is 0 Å². The van der Waals surface area contributed by atoms with Gasteiger partial charge in [0.2, 0.25) is 0 Å². The number of esters is 1. The van der Waals surface area contributed by atoms with Crippen molar-refractivity contribution in [3.8, 4) is 5.75 Å². The summed E-state index contributed by atoms with van der Waals surface area (Å²) in [6.45, 7) is 5.41. The third-order valence-electron chi connectivity index (χ3n) is 5.54. The number of unbranched alkanes of at least 4 members (excludes halogenated alkanes) is 6. The van der Waals surface area contributed by atoms with Crippen LogP contribution in [-0.4, -0.2) is 22.8 Å². The van der Waals surface area contributed by atoms with Crippen LogP contribution in [0, 0.1) is 0 Å². The zero-order valence-corrected chi connectivity index (χ0v) is 18.1. The third-order valence-corrected chi connectivity index (χ3v) is 5.54. The predicted octanol–water partition coefficient (Wildman–Crippen LogP) is 5.05. The van der Waals surface area contributed by atoms with Crippen molar-refractivity contribution in [3.63, 3.8) is 0 Å². The Bertz CT molecular complexity index is 923. The first-order valence-electron chi connectivity index (χ1n) is 11.0. The minimum atomic E-state index is -1.26. The van der Waals surface area contributed by atoms with Crippen molar-refractivity contribution < 1.29 is 23.8 Å². The molecule has 0 radical (unpaired) electrons. The summed E-state index contributed by atoms with van der Waals surface area (Å²) in [5.41, 5.74) is -0.911. The maximum absolute atomic E-state index is 12.6. The molecule has 0 spiro atoms. The lowest BCUT2D eigenvalue weighted by Crippen LogP contribution is -2.43. The largest absolute Gasteiger partial charge is 0.483 e. The van der Waals surface area contributed by atoms with Crippen LogP contribution in [0.4, 0.5) is 0 Å². The lowest BCUT2D eigenvalue weighted by molar-refractivity contribution is -0.160. The van der Waals surface area contributed by atoms with E-state index in [4.69, 9.17) is 13.9 Å². The maximum Gasteiger partial charge on any atom is 0.336 e. The molecule has 30 heavy (non-hydrogen) atoms. The van der Waals surface area contributed by atoms with Gasteiger partial charge in [0.05, 0.1) is 11.2 Å². The molecule has 0 aliphatic carbocycles. The van der Waals surface area contributed by atoms with Crippen LogP contribution in [0.25, 0.3) is 11.0 Å². The van der Waals surface area contributed by atoms with Crippen molar-refractivity contribution in [1.29, 1.82) is 0 Å². The smallest absolute Gasteiger partial charge is 0.336 e. The van der Waals surface area contributed by atoms with Gasteiger partial charge >= 0.3 is 11.6 Å². The molecule has 2 heterocycles. The maximum atomic E-state index is 12.6. The second kappa shape index (κ2) is 9.65. The van der Waals surface area contributed by atoms with Gasteiger partial charge in [0.15, 0.2) is 12.2 Å². The summed E-state index contributed by atoms with van der Waals surface area (Å²) in [5, 5.41) is 11.3. The van der Waals surface area contributed by atoms with E-state index in [9.17, 15) is 14.7 Å². The van der Waals surface area contributed by atoms with Crippen molar-refractivity contribution in [2.24, 2.45) is 0 Å². The van der Waals surface area contributed by atoms with E-state index in [2.05, 4.69) is 6.92 Å². The number of rotatable bonds is 10. The Morgan fingerprint density at radius 2 is 1.73 bits per heavy atom. The average Bonchev–Trinajstić information content (AvgIpc) is 3.06. The van der Waals surface area contributed by atoms with Crippen LogP contribution in [-0.2, 0) is 9.53 Å². The van der Waals surface area contributed by atoms with E-state index >= 15 is 0 Å². The first kappa shape index (κ1) is 22.3.